The molecule has 1 atom stereocenters. The van der Waals surface area contributed by atoms with Crippen molar-refractivity contribution in [1.82, 2.24) is 4.98 Å². The highest BCUT2D eigenvalue weighted by atomic mass is 16.5. The van der Waals surface area contributed by atoms with E-state index in [1.807, 2.05) is 6.07 Å². The van der Waals surface area contributed by atoms with E-state index in [9.17, 15) is 5.11 Å². The molecule has 3 heteroatoms. The first-order valence-electron chi connectivity index (χ1n) is 7.07. The van der Waals surface area contributed by atoms with Crippen LogP contribution in [-0.4, -0.2) is 16.7 Å². The van der Waals surface area contributed by atoms with Crippen molar-refractivity contribution in [2.45, 2.75) is 51.6 Å². The highest BCUT2D eigenvalue weighted by molar-refractivity contribution is 5.25. The normalized spacial score (nSPS) is 18.6. The summed E-state index contributed by atoms with van der Waals surface area (Å²) in [6.07, 6.45) is 10.1. The molecular formula is C15H23NO2. The Morgan fingerprint density at radius 1 is 1.33 bits per heavy atom. The highest BCUT2D eigenvalue weighted by Gasteiger charge is 2.23. The molecule has 0 aliphatic heterocycles. The topological polar surface area (TPSA) is 42.4 Å². The average Bonchev–Trinajstić information content (AvgIpc) is 2.45. The molecule has 100 valence electrons. The molecule has 1 aliphatic carbocycles. The monoisotopic (exact) mass is 249 g/mol. The number of aromatic nitrogens is 1. The molecular weight excluding hydrogens is 226 g/mol. The van der Waals surface area contributed by atoms with Crippen LogP contribution in [0.2, 0.25) is 0 Å². The standard InChI is InChI=1S/C15H23NO2/c1-2-8-18-14-9-13(10-16-11-14)15(17)12-6-4-3-5-7-12/h9-12,15,17H,2-8H2,1H3. The van der Waals surface area contributed by atoms with Crippen LogP contribution >= 0.6 is 0 Å². The van der Waals surface area contributed by atoms with Crippen molar-refractivity contribution in [2.75, 3.05) is 6.61 Å². The van der Waals surface area contributed by atoms with Gasteiger partial charge >= 0.3 is 0 Å². The van der Waals surface area contributed by atoms with Gasteiger partial charge in [-0.3, -0.25) is 4.98 Å². The maximum Gasteiger partial charge on any atom is 0.137 e. The van der Waals surface area contributed by atoms with Gasteiger partial charge in [-0.25, -0.2) is 0 Å². The number of aliphatic hydroxyl groups is 1. The van der Waals surface area contributed by atoms with Crippen molar-refractivity contribution < 1.29 is 9.84 Å². The molecule has 1 aromatic heterocycles. The summed E-state index contributed by atoms with van der Waals surface area (Å²) in [7, 11) is 0. The Balaban J connectivity index is 2.02. The largest absolute Gasteiger partial charge is 0.492 e. The van der Waals surface area contributed by atoms with Crippen molar-refractivity contribution in [1.29, 1.82) is 0 Å². The molecule has 1 aromatic rings. The molecule has 0 saturated heterocycles. The van der Waals surface area contributed by atoms with Gasteiger partial charge in [0.25, 0.3) is 0 Å². The number of nitrogens with zero attached hydrogens (tertiary/aromatic N) is 1. The second-order valence-electron chi connectivity index (χ2n) is 5.15. The van der Waals surface area contributed by atoms with Crippen molar-refractivity contribution in [2.24, 2.45) is 5.92 Å². The smallest absolute Gasteiger partial charge is 0.137 e. The molecule has 0 radical (unpaired) electrons. The van der Waals surface area contributed by atoms with E-state index in [4.69, 9.17) is 4.74 Å². The lowest BCUT2D eigenvalue weighted by molar-refractivity contribution is 0.0842. The second-order valence-corrected chi connectivity index (χ2v) is 5.15. The summed E-state index contributed by atoms with van der Waals surface area (Å²) in [6, 6.07) is 1.93. The number of hydrogen-bond acceptors (Lipinski definition) is 3. The Bertz CT molecular complexity index is 361. The average molecular weight is 249 g/mol. The molecule has 18 heavy (non-hydrogen) atoms. The molecule has 0 amide bonds. The number of hydrogen-bond donors (Lipinski definition) is 1. The summed E-state index contributed by atoms with van der Waals surface area (Å²) in [5, 5.41) is 10.4. The molecule has 0 spiro atoms. The third-order valence-electron chi connectivity index (χ3n) is 3.65. The number of rotatable bonds is 5. The van der Waals surface area contributed by atoms with Crippen molar-refractivity contribution >= 4 is 0 Å². The maximum absolute atomic E-state index is 10.4. The quantitative estimate of drug-likeness (QED) is 0.868. The summed E-state index contributed by atoms with van der Waals surface area (Å²) in [6.45, 7) is 2.78. The third kappa shape index (κ3) is 3.45. The molecule has 1 N–H and O–H groups in total. The first-order chi connectivity index (χ1) is 8.81. The van der Waals surface area contributed by atoms with E-state index in [2.05, 4.69) is 11.9 Å². The summed E-state index contributed by atoms with van der Waals surface area (Å²) >= 11 is 0. The Kier molecular flexibility index (Phi) is 5.00. The third-order valence-corrected chi connectivity index (χ3v) is 3.65. The molecule has 1 fully saturated rings. The van der Waals surface area contributed by atoms with E-state index in [1.165, 1.54) is 19.3 Å². The predicted molar refractivity (Wildman–Crippen MR) is 71.6 cm³/mol. The van der Waals surface area contributed by atoms with Crippen LogP contribution in [-0.2, 0) is 0 Å². The van der Waals surface area contributed by atoms with Gasteiger partial charge in [-0.15, -0.1) is 0 Å². The maximum atomic E-state index is 10.4. The fourth-order valence-corrected chi connectivity index (χ4v) is 2.62. The predicted octanol–water partition coefficient (Wildman–Crippen LogP) is 3.48. The number of pyridine rings is 1. The van der Waals surface area contributed by atoms with Crippen LogP contribution in [0.5, 0.6) is 5.75 Å². The highest BCUT2D eigenvalue weighted by Crippen LogP contribution is 2.34. The summed E-state index contributed by atoms with van der Waals surface area (Å²) in [5.74, 6) is 1.16. The number of aliphatic hydroxyl groups excluding tert-OH is 1. The fourth-order valence-electron chi connectivity index (χ4n) is 2.62. The lowest BCUT2D eigenvalue weighted by Crippen LogP contribution is -2.16. The van der Waals surface area contributed by atoms with Gasteiger partial charge in [-0.2, -0.15) is 0 Å². The first kappa shape index (κ1) is 13.3. The lowest BCUT2D eigenvalue weighted by atomic mass is 9.83. The molecule has 2 rings (SSSR count). The van der Waals surface area contributed by atoms with E-state index in [0.29, 0.717) is 12.5 Å². The van der Waals surface area contributed by atoms with Gasteiger partial charge in [-0.1, -0.05) is 26.2 Å². The minimum atomic E-state index is -0.386. The van der Waals surface area contributed by atoms with E-state index in [-0.39, 0.29) is 6.10 Å². The van der Waals surface area contributed by atoms with Gasteiger partial charge in [0, 0.05) is 11.8 Å². The van der Waals surface area contributed by atoms with Gasteiger partial charge < -0.3 is 9.84 Å². The summed E-state index contributed by atoms with van der Waals surface area (Å²) in [5.41, 5.74) is 0.899. The second kappa shape index (κ2) is 6.74. The zero-order valence-corrected chi connectivity index (χ0v) is 11.1. The van der Waals surface area contributed by atoms with Gasteiger partial charge in [-0.05, 0) is 31.2 Å². The Morgan fingerprint density at radius 3 is 2.83 bits per heavy atom. The minimum absolute atomic E-state index is 0.386. The van der Waals surface area contributed by atoms with Crippen LogP contribution in [0.3, 0.4) is 0 Å². The van der Waals surface area contributed by atoms with Crippen LogP contribution in [0.15, 0.2) is 18.5 Å². The lowest BCUT2D eigenvalue weighted by Gasteiger charge is -2.26. The van der Waals surface area contributed by atoms with E-state index in [0.717, 1.165) is 30.6 Å². The Labute approximate surface area is 109 Å². The van der Waals surface area contributed by atoms with Crippen molar-refractivity contribution in [3.05, 3.63) is 24.0 Å². The van der Waals surface area contributed by atoms with Gasteiger partial charge in [0.15, 0.2) is 0 Å². The van der Waals surface area contributed by atoms with E-state index in [1.54, 1.807) is 12.4 Å². The Morgan fingerprint density at radius 2 is 2.11 bits per heavy atom. The van der Waals surface area contributed by atoms with Crippen LogP contribution in [0, 0.1) is 5.92 Å². The van der Waals surface area contributed by atoms with Crippen LogP contribution in [0.4, 0.5) is 0 Å². The Hall–Kier alpha value is -1.09. The first-order valence-corrected chi connectivity index (χ1v) is 7.07. The van der Waals surface area contributed by atoms with Crippen LogP contribution in [0.1, 0.15) is 57.1 Å². The van der Waals surface area contributed by atoms with Gasteiger partial charge in [0.05, 0.1) is 18.9 Å². The zero-order valence-electron chi connectivity index (χ0n) is 11.1. The van der Waals surface area contributed by atoms with Crippen LogP contribution < -0.4 is 4.74 Å². The van der Waals surface area contributed by atoms with Crippen LogP contribution in [0.25, 0.3) is 0 Å². The van der Waals surface area contributed by atoms with Crippen molar-refractivity contribution in [3.63, 3.8) is 0 Å². The van der Waals surface area contributed by atoms with Crippen molar-refractivity contribution in [3.8, 4) is 5.75 Å². The minimum Gasteiger partial charge on any atom is -0.492 e. The van der Waals surface area contributed by atoms with E-state index >= 15 is 0 Å². The molecule has 0 aromatic carbocycles. The molecule has 0 bridgehead atoms. The summed E-state index contributed by atoms with van der Waals surface area (Å²) in [4.78, 5) is 4.17. The molecule has 1 saturated carbocycles. The molecule has 1 aliphatic rings. The van der Waals surface area contributed by atoms with Gasteiger partial charge in [0.2, 0.25) is 0 Å². The summed E-state index contributed by atoms with van der Waals surface area (Å²) < 4.78 is 5.56. The number of ether oxygens (including phenoxy) is 1. The molecule has 1 unspecified atom stereocenters. The zero-order chi connectivity index (χ0) is 12.8. The molecule has 1 heterocycles. The van der Waals surface area contributed by atoms with Gasteiger partial charge in [0.1, 0.15) is 5.75 Å². The molecule has 3 nitrogen and oxygen atoms in total. The van der Waals surface area contributed by atoms with E-state index < -0.39 is 0 Å². The fraction of sp³-hybridized carbons (Fsp3) is 0.667. The SMILES string of the molecule is CCCOc1cncc(C(O)C2CCCCC2)c1.